The summed E-state index contributed by atoms with van der Waals surface area (Å²) in [6.07, 6.45) is 0. The van der Waals surface area contributed by atoms with Crippen LogP contribution in [0.2, 0.25) is 0 Å². The van der Waals surface area contributed by atoms with Gasteiger partial charge in [0.1, 0.15) is 6.67 Å². The highest BCUT2D eigenvalue weighted by Gasteiger charge is 2.13. The Morgan fingerprint density at radius 1 is 1.46 bits per heavy atom. The molecule has 6 heteroatoms. The lowest BCUT2D eigenvalue weighted by Gasteiger charge is -2.03. The molecule has 2 N–H and O–H groups in total. The van der Waals surface area contributed by atoms with Crippen molar-refractivity contribution in [3.8, 4) is 0 Å². The van der Waals surface area contributed by atoms with E-state index in [2.05, 4.69) is 15.9 Å². The quantitative estimate of drug-likeness (QED) is 0.884. The van der Waals surface area contributed by atoms with Crippen molar-refractivity contribution in [1.29, 1.82) is 0 Å². The first-order chi connectivity index (χ1) is 5.95. The van der Waals surface area contributed by atoms with Gasteiger partial charge in [-0.15, -0.1) is 0 Å². The molecule has 0 saturated carbocycles. The molecule has 0 fully saturated rings. The summed E-state index contributed by atoms with van der Waals surface area (Å²) in [4.78, 5) is -0.168. The largest absolute Gasteiger partial charge is 0.246 e. The van der Waals surface area contributed by atoms with Crippen molar-refractivity contribution in [2.45, 2.75) is 11.6 Å². The van der Waals surface area contributed by atoms with Crippen molar-refractivity contribution in [2.75, 3.05) is 0 Å². The van der Waals surface area contributed by atoms with Gasteiger partial charge in [0.05, 0.1) is 4.90 Å². The van der Waals surface area contributed by atoms with Crippen molar-refractivity contribution in [2.24, 2.45) is 5.14 Å². The summed E-state index contributed by atoms with van der Waals surface area (Å²) in [5.74, 6) is 0. The van der Waals surface area contributed by atoms with Gasteiger partial charge < -0.3 is 0 Å². The molecule has 0 heterocycles. The molecule has 0 spiro atoms. The van der Waals surface area contributed by atoms with Gasteiger partial charge in [-0.25, -0.2) is 17.9 Å². The number of nitrogens with two attached hydrogens (primary N) is 1. The Balaban J connectivity index is 3.39. The fraction of sp³-hybridized carbons (Fsp3) is 0.143. The molecule has 1 aromatic rings. The van der Waals surface area contributed by atoms with E-state index >= 15 is 0 Å². The number of alkyl halides is 1. The van der Waals surface area contributed by atoms with E-state index in [1.807, 2.05) is 0 Å². The SMILES string of the molecule is NS(=O)(=O)c1ccc(Br)cc1CF. The van der Waals surface area contributed by atoms with Crippen molar-refractivity contribution < 1.29 is 12.8 Å². The van der Waals surface area contributed by atoms with Crippen LogP contribution in [0.25, 0.3) is 0 Å². The number of hydrogen-bond donors (Lipinski definition) is 1. The first-order valence-electron chi connectivity index (χ1n) is 3.32. The molecule has 0 atom stereocenters. The molecule has 0 aliphatic carbocycles. The third kappa shape index (κ3) is 2.49. The predicted molar refractivity (Wildman–Crippen MR) is 50.3 cm³/mol. The summed E-state index contributed by atoms with van der Waals surface area (Å²) in [7, 11) is -3.82. The van der Waals surface area contributed by atoms with Crippen molar-refractivity contribution in [3.63, 3.8) is 0 Å². The van der Waals surface area contributed by atoms with Gasteiger partial charge in [-0.1, -0.05) is 15.9 Å². The average molecular weight is 268 g/mol. The minimum atomic E-state index is -3.82. The van der Waals surface area contributed by atoms with Crippen LogP contribution in [0.4, 0.5) is 4.39 Å². The summed E-state index contributed by atoms with van der Waals surface area (Å²) >= 11 is 3.10. The Morgan fingerprint density at radius 2 is 2.08 bits per heavy atom. The second-order valence-corrected chi connectivity index (χ2v) is 4.88. The number of primary sulfonamides is 1. The number of rotatable bonds is 2. The zero-order chi connectivity index (χ0) is 10.1. The number of hydrogen-bond acceptors (Lipinski definition) is 2. The van der Waals surface area contributed by atoms with E-state index < -0.39 is 16.7 Å². The Hall–Kier alpha value is -0.460. The molecule has 72 valence electrons. The van der Waals surface area contributed by atoms with Gasteiger partial charge in [0.15, 0.2) is 0 Å². The monoisotopic (exact) mass is 267 g/mol. The Kier molecular flexibility index (Phi) is 3.05. The molecule has 0 unspecified atom stereocenters. The highest BCUT2D eigenvalue weighted by Crippen LogP contribution is 2.20. The van der Waals surface area contributed by atoms with Crippen molar-refractivity contribution >= 4 is 26.0 Å². The van der Waals surface area contributed by atoms with Crippen LogP contribution in [0, 0.1) is 0 Å². The van der Waals surface area contributed by atoms with Gasteiger partial charge in [0.2, 0.25) is 10.0 Å². The standard InChI is InChI=1S/C7H7BrFNO2S/c8-6-1-2-7(13(10,11)12)5(3-6)4-9/h1-3H,4H2,(H2,10,11,12). The highest BCUT2D eigenvalue weighted by atomic mass is 79.9. The molecular formula is C7H7BrFNO2S. The van der Waals surface area contributed by atoms with E-state index in [1.165, 1.54) is 18.2 Å². The molecular weight excluding hydrogens is 261 g/mol. The first kappa shape index (κ1) is 10.6. The van der Waals surface area contributed by atoms with E-state index in [1.54, 1.807) is 0 Å². The van der Waals surface area contributed by atoms with E-state index in [-0.39, 0.29) is 10.5 Å². The maximum Gasteiger partial charge on any atom is 0.238 e. The molecule has 1 aromatic carbocycles. The molecule has 0 radical (unpaired) electrons. The minimum absolute atomic E-state index is 0.0666. The van der Waals surface area contributed by atoms with E-state index in [0.717, 1.165) is 0 Å². The number of sulfonamides is 1. The topological polar surface area (TPSA) is 60.2 Å². The van der Waals surface area contributed by atoms with Gasteiger partial charge in [-0.2, -0.15) is 0 Å². The molecule has 0 aliphatic rings. The summed E-state index contributed by atoms with van der Waals surface area (Å²) in [6, 6.07) is 4.16. The first-order valence-corrected chi connectivity index (χ1v) is 5.66. The summed E-state index contributed by atoms with van der Waals surface area (Å²) in [5, 5.41) is 4.87. The van der Waals surface area contributed by atoms with E-state index in [0.29, 0.717) is 4.47 Å². The van der Waals surface area contributed by atoms with Crippen LogP contribution in [0.1, 0.15) is 5.56 Å². The van der Waals surface area contributed by atoms with E-state index in [4.69, 9.17) is 5.14 Å². The maximum atomic E-state index is 12.4. The summed E-state index contributed by atoms with van der Waals surface area (Å²) < 4.78 is 34.8. The maximum absolute atomic E-state index is 12.4. The summed E-state index contributed by atoms with van der Waals surface area (Å²) in [6.45, 7) is -0.856. The Bertz CT molecular complexity index is 419. The van der Waals surface area contributed by atoms with Crippen LogP contribution in [-0.2, 0) is 16.7 Å². The van der Waals surface area contributed by atoms with Gasteiger partial charge in [-0.05, 0) is 18.2 Å². The zero-order valence-corrected chi connectivity index (χ0v) is 8.90. The molecule has 0 amide bonds. The van der Waals surface area contributed by atoms with Crippen molar-refractivity contribution in [3.05, 3.63) is 28.2 Å². The third-order valence-electron chi connectivity index (χ3n) is 1.47. The van der Waals surface area contributed by atoms with Crippen LogP contribution in [0.3, 0.4) is 0 Å². The number of halogens is 2. The molecule has 0 aliphatic heterocycles. The smallest absolute Gasteiger partial charge is 0.238 e. The number of benzene rings is 1. The predicted octanol–water partition coefficient (Wildman–Crippen LogP) is 1.57. The normalized spacial score (nSPS) is 11.6. The van der Waals surface area contributed by atoms with Crippen LogP contribution in [0.15, 0.2) is 27.6 Å². The molecule has 0 aromatic heterocycles. The second kappa shape index (κ2) is 3.73. The van der Waals surface area contributed by atoms with E-state index in [9.17, 15) is 12.8 Å². The molecule has 13 heavy (non-hydrogen) atoms. The lowest BCUT2D eigenvalue weighted by molar-refractivity contribution is 0.477. The molecule has 3 nitrogen and oxygen atoms in total. The second-order valence-electron chi connectivity index (χ2n) is 2.43. The zero-order valence-electron chi connectivity index (χ0n) is 6.50. The molecule has 0 bridgehead atoms. The minimum Gasteiger partial charge on any atom is -0.246 e. The molecule has 1 rings (SSSR count). The van der Waals surface area contributed by atoms with Gasteiger partial charge >= 0.3 is 0 Å². The van der Waals surface area contributed by atoms with Crippen LogP contribution in [0.5, 0.6) is 0 Å². The van der Waals surface area contributed by atoms with Gasteiger partial charge in [-0.3, -0.25) is 0 Å². The average Bonchev–Trinajstić information content (AvgIpc) is 2.01. The Labute approximate surface area is 83.9 Å². The summed E-state index contributed by atoms with van der Waals surface area (Å²) in [5.41, 5.74) is 0.0666. The van der Waals surface area contributed by atoms with Crippen LogP contribution >= 0.6 is 15.9 Å². The van der Waals surface area contributed by atoms with Gasteiger partial charge in [0, 0.05) is 10.0 Å². The fourth-order valence-corrected chi connectivity index (χ4v) is 2.08. The fourth-order valence-electron chi connectivity index (χ4n) is 0.930. The highest BCUT2D eigenvalue weighted by molar-refractivity contribution is 9.10. The van der Waals surface area contributed by atoms with Crippen LogP contribution in [-0.4, -0.2) is 8.42 Å². The Morgan fingerprint density at radius 3 is 2.54 bits per heavy atom. The van der Waals surface area contributed by atoms with Crippen molar-refractivity contribution in [1.82, 2.24) is 0 Å². The molecule has 0 saturated heterocycles. The third-order valence-corrected chi connectivity index (χ3v) is 2.98. The van der Waals surface area contributed by atoms with Crippen LogP contribution < -0.4 is 5.14 Å². The lowest BCUT2D eigenvalue weighted by Crippen LogP contribution is -2.14. The van der Waals surface area contributed by atoms with Gasteiger partial charge in [0.25, 0.3) is 0 Å². The lowest BCUT2D eigenvalue weighted by atomic mass is 10.2.